The molecule has 0 fully saturated rings. The van der Waals surface area contributed by atoms with Gasteiger partial charge in [-0.2, -0.15) is 5.26 Å². The van der Waals surface area contributed by atoms with Crippen molar-refractivity contribution >= 4 is 28.9 Å². The number of anilines is 2. The number of nitrogens with zero attached hydrogens (tertiary/aromatic N) is 1. The van der Waals surface area contributed by atoms with Crippen molar-refractivity contribution in [3.8, 4) is 11.8 Å². The van der Waals surface area contributed by atoms with Gasteiger partial charge < -0.3 is 15.4 Å². The second kappa shape index (κ2) is 8.04. The molecule has 0 aliphatic carbocycles. The molecule has 0 saturated heterocycles. The van der Waals surface area contributed by atoms with Crippen molar-refractivity contribution in [3.63, 3.8) is 0 Å². The minimum atomic E-state index is -0.515. The van der Waals surface area contributed by atoms with Crippen LogP contribution in [-0.4, -0.2) is 13.0 Å². The Balaban J connectivity index is 2.14. The highest BCUT2D eigenvalue weighted by molar-refractivity contribution is 6.30. The molecule has 0 aromatic heterocycles. The number of ether oxygens (including phenoxy) is 1. The van der Waals surface area contributed by atoms with Crippen LogP contribution in [-0.2, 0) is 4.79 Å². The van der Waals surface area contributed by atoms with Gasteiger partial charge in [0.15, 0.2) is 0 Å². The molecule has 0 radical (unpaired) electrons. The predicted molar refractivity (Wildman–Crippen MR) is 95.1 cm³/mol. The summed E-state index contributed by atoms with van der Waals surface area (Å²) in [6.45, 7) is 1.94. The third kappa shape index (κ3) is 4.51. The summed E-state index contributed by atoms with van der Waals surface area (Å²) in [5.74, 6) is 0.103. The number of amides is 1. The summed E-state index contributed by atoms with van der Waals surface area (Å²) in [5, 5.41) is 15.4. The molecule has 24 heavy (non-hydrogen) atoms. The number of nitriles is 1. The van der Waals surface area contributed by atoms with Gasteiger partial charge in [-0.1, -0.05) is 17.7 Å². The van der Waals surface area contributed by atoms with Crippen molar-refractivity contribution in [1.82, 2.24) is 0 Å². The first-order valence-electron chi connectivity index (χ1n) is 7.12. The minimum absolute atomic E-state index is 0.0616. The molecule has 5 nitrogen and oxygen atoms in total. The van der Waals surface area contributed by atoms with Gasteiger partial charge >= 0.3 is 0 Å². The maximum absolute atomic E-state index is 12.2. The first-order chi connectivity index (χ1) is 11.5. The maximum Gasteiger partial charge on any atom is 0.267 e. The van der Waals surface area contributed by atoms with E-state index >= 15 is 0 Å². The van der Waals surface area contributed by atoms with Crippen molar-refractivity contribution in [2.75, 3.05) is 17.7 Å². The zero-order chi connectivity index (χ0) is 17.5. The van der Waals surface area contributed by atoms with Crippen LogP contribution < -0.4 is 15.4 Å². The third-order valence-electron chi connectivity index (χ3n) is 3.19. The summed E-state index contributed by atoms with van der Waals surface area (Å²) in [4.78, 5) is 12.2. The van der Waals surface area contributed by atoms with E-state index in [1.807, 2.05) is 31.2 Å². The Morgan fingerprint density at radius 1 is 1.25 bits per heavy atom. The molecule has 0 saturated carbocycles. The van der Waals surface area contributed by atoms with Crippen molar-refractivity contribution in [2.24, 2.45) is 0 Å². The maximum atomic E-state index is 12.2. The number of hydrogen-bond donors (Lipinski definition) is 2. The minimum Gasteiger partial charge on any atom is -0.495 e. The lowest BCUT2D eigenvalue weighted by Crippen LogP contribution is -2.14. The summed E-state index contributed by atoms with van der Waals surface area (Å²) in [6, 6.07) is 14.1. The van der Waals surface area contributed by atoms with Crippen LogP contribution in [0.15, 0.2) is 54.2 Å². The van der Waals surface area contributed by atoms with Crippen molar-refractivity contribution in [3.05, 3.63) is 64.8 Å². The number of carbonyl (C=O) groups is 1. The summed E-state index contributed by atoms with van der Waals surface area (Å²) >= 11 is 5.80. The predicted octanol–water partition coefficient (Wildman–Crippen LogP) is 4.12. The Labute approximate surface area is 145 Å². The molecule has 2 aromatic carbocycles. The van der Waals surface area contributed by atoms with Gasteiger partial charge in [-0.3, -0.25) is 4.79 Å². The monoisotopic (exact) mass is 341 g/mol. The van der Waals surface area contributed by atoms with Crippen molar-refractivity contribution < 1.29 is 9.53 Å². The zero-order valence-corrected chi connectivity index (χ0v) is 14.0. The number of nitrogens with one attached hydrogen (secondary N) is 2. The van der Waals surface area contributed by atoms with E-state index in [1.165, 1.54) is 6.20 Å². The smallest absolute Gasteiger partial charge is 0.267 e. The van der Waals surface area contributed by atoms with Crippen LogP contribution in [0.2, 0.25) is 5.02 Å². The van der Waals surface area contributed by atoms with E-state index in [1.54, 1.807) is 31.4 Å². The van der Waals surface area contributed by atoms with E-state index in [2.05, 4.69) is 10.6 Å². The molecule has 0 aliphatic heterocycles. The van der Waals surface area contributed by atoms with E-state index < -0.39 is 5.91 Å². The van der Waals surface area contributed by atoms with E-state index in [4.69, 9.17) is 16.3 Å². The fraction of sp³-hybridized carbons (Fsp3) is 0.111. The standard InChI is InChI=1S/C18H16ClN3O2/c1-12-3-8-17(24-2)16(9-12)21-11-13(10-20)18(23)22-15-6-4-14(19)5-7-15/h3-9,11,21H,1-2H3,(H,22,23)/b13-11-. The Morgan fingerprint density at radius 2 is 1.96 bits per heavy atom. The lowest BCUT2D eigenvalue weighted by atomic mass is 10.2. The molecule has 2 N–H and O–H groups in total. The van der Waals surface area contributed by atoms with Crippen LogP contribution >= 0.6 is 11.6 Å². The van der Waals surface area contributed by atoms with Gasteiger partial charge in [0.2, 0.25) is 0 Å². The molecule has 0 heterocycles. The molecular weight excluding hydrogens is 326 g/mol. The Morgan fingerprint density at radius 3 is 2.58 bits per heavy atom. The molecule has 0 aliphatic rings. The molecule has 0 bridgehead atoms. The number of hydrogen-bond acceptors (Lipinski definition) is 4. The SMILES string of the molecule is COc1ccc(C)cc1N/C=C(/C#N)C(=O)Nc1ccc(Cl)cc1. The number of methoxy groups -OCH3 is 1. The molecule has 122 valence electrons. The quantitative estimate of drug-likeness (QED) is 0.634. The molecule has 0 spiro atoms. The van der Waals surface area contributed by atoms with Gasteiger partial charge in [0.25, 0.3) is 5.91 Å². The highest BCUT2D eigenvalue weighted by atomic mass is 35.5. The first kappa shape index (κ1) is 17.4. The molecule has 2 aromatic rings. The van der Waals surface area contributed by atoms with Crippen molar-refractivity contribution in [1.29, 1.82) is 5.26 Å². The van der Waals surface area contributed by atoms with E-state index in [-0.39, 0.29) is 5.57 Å². The average Bonchev–Trinajstić information content (AvgIpc) is 2.57. The Kier molecular flexibility index (Phi) is 5.83. The molecule has 2 rings (SSSR count). The average molecular weight is 342 g/mol. The summed E-state index contributed by atoms with van der Waals surface area (Å²) in [7, 11) is 1.55. The fourth-order valence-corrected chi connectivity index (χ4v) is 2.09. The Hall–Kier alpha value is -2.97. The largest absolute Gasteiger partial charge is 0.495 e. The number of halogens is 1. The number of carbonyl (C=O) groups excluding carboxylic acids is 1. The van der Waals surface area contributed by atoms with E-state index in [0.29, 0.717) is 22.1 Å². The molecule has 1 amide bonds. The van der Waals surface area contributed by atoms with Gasteiger partial charge in [-0.15, -0.1) is 0 Å². The normalized spacial score (nSPS) is 10.7. The summed E-state index contributed by atoms with van der Waals surface area (Å²) in [6.07, 6.45) is 1.35. The number of rotatable bonds is 5. The molecule has 0 atom stereocenters. The van der Waals surface area contributed by atoms with Crippen LogP contribution in [0.3, 0.4) is 0 Å². The van der Waals surface area contributed by atoms with Gasteiger partial charge in [0, 0.05) is 16.9 Å². The topological polar surface area (TPSA) is 74.1 Å². The fourth-order valence-electron chi connectivity index (χ4n) is 1.96. The van der Waals surface area contributed by atoms with E-state index in [9.17, 15) is 10.1 Å². The number of aryl methyl sites for hydroxylation is 1. The van der Waals surface area contributed by atoms with Gasteiger partial charge in [0.05, 0.1) is 12.8 Å². The molecule has 6 heteroatoms. The first-order valence-corrected chi connectivity index (χ1v) is 7.49. The summed E-state index contributed by atoms with van der Waals surface area (Å²) < 4.78 is 5.25. The van der Waals surface area contributed by atoms with Crippen molar-refractivity contribution in [2.45, 2.75) is 6.92 Å². The van der Waals surface area contributed by atoms with Crippen LogP contribution in [0.25, 0.3) is 0 Å². The molecular formula is C18H16ClN3O2. The van der Waals surface area contributed by atoms with Crippen LogP contribution in [0.1, 0.15) is 5.56 Å². The summed E-state index contributed by atoms with van der Waals surface area (Å²) in [5.41, 5.74) is 2.19. The number of benzene rings is 2. The van der Waals surface area contributed by atoms with Crippen LogP contribution in [0.4, 0.5) is 11.4 Å². The second-order valence-corrected chi connectivity index (χ2v) is 5.42. The second-order valence-electron chi connectivity index (χ2n) is 4.98. The van der Waals surface area contributed by atoms with E-state index in [0.717, 1.165) is 5.56 Å². The third-order valence-corrected chi connectivity index (χ3v) is 3.45. The van der Waals surface area contributed by atoms with Crippen LogP contribution in [0.5, 0.6) is 5.75 Å². The zero-order valence-electron chi connectivity index (χ0n) is 13.3. The van der Waals surface area contributed by atoms with Crippen LogP contribution in [0, 0.1) is 18.3 Å². The van der Waals surface area contributed by atoms with Gasteiger partial charge in [-0.05, 0) is 48.9 Å². The lowest BCUT2D eigenvalue weighted by molar-refractivity contribution is -0.112. The highest BCUT2D eigenvalue weighted by Crippen LogP contribution is 2.25. The Bertz CT molecular complexity index is 808. The van der Waals surface area contributed by atoms with Gasteiger partial charge in [0.1, 0.15) is 17.4 Å². The molecule has 0 unspecified atom stereocenters. The van der Waals surface area contributed by atoms with Gasteiger partial charge in [-0.25, -0.2) is 0 Å². The highest BCUT2D eigenvalue weighted by Gasteiger charge is 2.10. The lowest BCUT2D eigenvalue weighted by Gasteiger charge is -2.10.